The lowest BCUT2D eigenvalue weighted by molar-refractivity contribution is -0.131. The highest BCUT2D eigenvalue weighted by molar-refractivity contribution is 5.90. The summed E-state index contributed by atoms with van der Waals surface area (Å²) in [5, 5.41) is 12.5. The van der Waals surface area contributed by atoms with Crippen molar-refractivity contribution >= 4 is 23.3 Å². The zero-order valence-electron chi connectivity index (χ0n) is 17.7. The second-order valence-electron chi connectivity index (χ2n) is 7.68. The third kappa shape index (κ3) is 4.98. The number of aliphatic hydroxyl groups excluding tert-OH is 1. The van der Waals surface area contributed by atoms with E-state index in [1.54, 1.807) is 11.0 Å². The molecule has 2 aromatic rings. The van der Waals surface area contributed by atoms with Crippen LogP contribution in [0.1, 0.15) is 24.8 Å². The van der Waals surface area contributed by atoms with Crippen LogP contribution in [0.3, 0.4) is 0 Å². The van der Waals surface area contributed by atoms with E-state index in [9.17, 15) is 9.59 Å². The maximum atomic E-state index is 15.0. The number of hydrogen-bond donors (Lipinski definition) is 1. The molecular formula is C22H23F2N3O6. The van der Waals surface area contributed by atoms with Crippen LogP contribution in [-0.4, -0.2) is 66.1 Å². The highest BCUT2D eigenvalue weighted by atomic mass is 19.1. The number of aromatic nitrogens is 1. The number of halogens is 2. The number of ether oxygens (including phenoxy) is 2. The molecule has 1 saturated heterocycles. The summed E-state index contributed by atoms with van der Waals surface area (Å²) in [6, 6.07) is 3.07. The van der Waals surface area contributed by atoms with Crippen LogP contribution in [0.15, 0.2) is 35.1 Å². The van der Waals surface area contributed by atoms with E-state index in [1.807, 2.05) is 0 Å². The smallest absolute Gasteiger partial charge is 0.414 e. The maximum Gasteiger partial charge on any atom is 0.414 e. The molecule has 1 aromatic carbocycles. The molecule has 0 bridgehead atoms. The Labute approximate surface area is 188 Å². The average Bonchev–Trinajstić information content (AvgIpc) is 3.45. The predicted octanol–water partition coefficient (Wildman–Crippen LogP) is 2.75. The Morgan fingerprint density at radius 1 is 1.30 bits per heavy atom. The Hall–Kier alpha value is -3.47. The number of rotatable bonds is 8. The Balaban J connectivity index is 1.49. The van der Waals surface area contributed by atoms with Crippen molar-refractivity contribution in [2.45, 2.75) is 25.3 Å². The summed E-state index contributed by atoms with van der Waals surface area (Å²) in [6.07, 6.45) is 3.12. The predicted molar refractivity (Wildman–Crippen MR) is 111 cm³/mol. The van der Waals surface area contributed by atoms with Crippen molar-refractivity contribution in [3.05, 3.63) is 47.7 Å². The molecule has 176 valence electrons. The summed E-state index contributed by atoms with van der Waals surface area (Å²) in [4.78, 5) is 27.1. The van der Waals surface area contributed by atoms with Crippen molar-refractivity contribution in [2.24, 2.45) is 0 Å². The van der Waals surface area contributed by atoms with Gasteiger partial charge in [-0.3, -0.25) is 9.69 Å². The van der Waals surface area contributed by atoms with E-state index < -0.39 is 23.8 Å². The molecule has 9 nitrogen and oxygen atoms in total. The monoisotopic (exact) mass is 463 g/mol. The third-order valence-electron chi connectivity index (χ3n) is 5.54. The molecule has 11 heteroatoms. The maximum absolute atomic E-state index is 15.0. The topological polar surface area (TPSA) is 105 Å². The Morgan fingerprint density at radius 2 is 2.09 bits per heavy atom. The fourth-order valence-corrected chi connectivity index (χ4v) is 3.87. The van der Waals surface area contributed by atoms with Gasteiger partial charge >= 0.3 is 6.09 Å². The highest BCUT2D eigenvalue weighted by Crippen LogP contribution is 2.33. The minimum Gasteiger partial charge on any atom is -0.473 e. The first-order valence-corrected chi connectivity index (χ1v) is 10.5. The summed E-state index contributed by atoms with van der Waals surface area (Å²) in [7, 11) is 0. The molecule has 0 saturated carbocycles. The number of amides is 2. The van der Waals surface area contributed by atoms with E-state index in [1.165, 1.54) is 12.3 Å². The van der Waals surface area contributed by atoms with Gasteiger partial charge in [0.05, 0.1) is 5.69 Å². The SMILES string of the molecule is O=C(CCCO)N1CC=C(c2c(F)cc(N3C(=O)OC[C@H]3COc3ccon3)cc2F)CC1. The molecule has 4 rings (SSSR count). The number of carbonyl (C=O) groups excluding carboxylic acids is 2. The van der Waals surface area contributed by atoms with Gasteiger partial charge in [-0.05, 0) is 35.7 Å². The van der Waals surface area contributed by atoms with E-state index in [0.717, 1.165) is 17.0 Å². The van der Waals surface area contributed by atoms with Gasteiger partial charge in [-0.1, -0.05) is 6.08 Å². The lowest BCUT2D eigenvalue weighted by Crippen LogP contribution is -2.38. The zero-order chi connectivity index (χ0) is 23.4. The van der Waals surface area contributed by atoms with E-state index in [2.05, 4.69) is 9.68 Å². The van der Waals surface area contributed by atoms with Gasteiger partial charge in [-0.15, -0.1) is 0 Å². The first kappa shape index (κ1) is 22.7. The highest BCUT2D eigenvalue weighted by Gasteiger charge is 2.36. The summed E-state index contributed by atoms with van der Waals surface area (Å²) >= 11 is 0. The first-order chi connectivity index (χ1) is 16.0. The summed E-state index contributed by atoms with van der Waals surface area (Å²) in [5.74, 6) is -1.52. The fraction of sp³-hybridized carbons (Fsp3) is 0.409. The second kappa shape index (κ2) is 9.99. The second-order valence-corrected chi connectivity index (χ2v) is 7.68. The van der Waals surface area contributed by atoms with Crippen LogP contribution in [0.5, 0.6) is 5.88 Å². The van der Waals surface area contributed by atoms with Gasteiger partial charge in [-0.25, -0.2) is 13.6 Å². The normalized spacial score (nSPS) is 18.3. The molecule has 0 spiro atoms. The summed E-state index contributed by atoms with van der Waals surface area (Å²) in [5.41, 5.74) is 0.295. The number of nitrogens with zero attached hydrogens (tertiary/aromatic N) is 3. The Kier molecular flexibility index (Phi) is 6.87. The minimum absolute atomic E-state index is 0.00540. The van der Waals surface area contributed by atoms with Gasteiger partial charge in [0.15, 0.2) is 0 Å². The van der Waals surface area contributed by atoms with Crippen molar-refractivity contribution in [2.75, 3.05) is 37.8 Å². The molecule has 0 unspecified atom stereocenters. The quantitative estimate of drug-likeness (QED) is 0.642. The minimum atomic E-state index is -0.813. The number of aliphatic hydroxyl groups is 1. The van der Waals surface area contributed by atoms with Crippen molar-refractivity contribution in [3.8, 4) is 5.88 Å². The van der Waals surface area contributed by atoms with Crippen molar-refractivity contribution in [1.82, 2.24) is 10.1 Å². The van der Waals surface area contributed by atoms with Gasteiger partial charge in [-0.2, -0.15) is 0 Å². The van der Waals surface area contributed by atoms with Gasteiger partial charge in [0.1, 0.15) is 37.2 Å². The van der Waals surface area contributed by atoms with Gasteiger partial charge in [0.25, 0.3) is 5.88 Å². The Morgan fingerprint density at radius 3 is 2.73 bits per heavy atom. The molecular weight excluding hydrogens is 440 g/mol. The van der Waals surface area contributed by atoms with Crippen LogP contribution >= 0.6 is 0 Å². The molecule has 1 fully saturated rings. The molecule has 2 amide bonds. The molecule has 1 N–H and O–H groups in total. The number of anilines is 1. The lowest BCUT2D eigenvalue weighted by Gasteiger charge is -2.27. The lowest BCUT2D eigenvalue weighted by atomic mass is 9.97. The molecule has 0 radical (unpaired) electrons. The summed E-state index contributed by atoms with van der Waals surface area (Å²) < 4.78 is 45.2. The molecule has 0 aliphatic carbocycles. The van der Waals surface area contributed by atoms with Gasteiger partial charge in [0, 0.05) is 37.7 Å². The van der Waals surface area contributed by atoms with E-state index >= 15 is 8.78 Å². The number of carbonyl (C=O) groups is 2. The zero-order valence-corrected chi connectivity index (χ0v) is 17.7. The van der Waals surface area contributed by atoms with Crippen molar-refractivity contribution in [1.29, 1.82) is 0 Å². The number of hydrogen-bond acceptors (Lipinski definition) is 7. The molecule has 2 aliphatic heterocycles. The molecule has 2 aliphatic rings. The van der Waals surface area contributed by atoms with Crippen LogP contribution in [-0.2, 0) is 9.53 Å². The molecule has 3 heterocycles. The standard InChI is InChI=1S/C22H23F2N3O6/c23-17-10-15(27-16(13-32-22(27)30)12-31-19-5-9-33-25-19)11-18(24)21(17)14-3-6-26(7-4-14)20(29)2-1-8-28/h3,5,9-11,16,28H,1-2,4,6-8,12-13H2/t16-/m1/s1. The largest absolute Gasteiger partial charge is 0.473 e. The van der Waals surface area contributed by atoms with Crippen LogP contribution in [0, 0.1) is 11.6 Å². The molecule has 1 atom stereocenters. The van der Waals surface area contributed by atoms with Gasteiger partial charge in [0.2, 0.25) is 5.91 Å². The van der Waals surface area contributed by atoms with Crippen molar-refractivity contribution in [3.63, 3.8) is 0 Å². The first-order valence-electron chi connectivity index (χ1n) is 10.5. The van der Waals surface area contributed by atoms with Crippen LogP contribution in [0.2, 0.25) is 0 Å². The van der Waals surface area contributed by atoms with Crippen LogP contribution in [0.4, 0.5) is 19.3 Å². The van der Waals surface area contributed by atoms with Gasteiger partial charge < -0.3 is 24.0 Å². The van der Waals surface area contributed by atoms with Crippen molar-refractivity contribution < 1.29 is 37.5 Å². The van der Waals surface area contributed by atoms with Crippen LogP contribution in [0.25, 0.3) is 5.57 Å². The third-order valence-corrected chi connectivity index (χ3v) is 5.54. The Bertz CT molecular complexity index is 1020. The van der Waals surface area contributed by atoms with E-state index in [4.69, 9.17) is 14.6 Å². The van der Waals surface area contributed by atoms with E-state index in [-0.39, 0.29) is 62.2 Å². The number of cyclic esters (lactones) is 1. The van der Waals surface area contributed by atoms with E-state index in [0.29, 0.717) is 18.5 Å². The number of benzene rings is 1. The molecule has 1 aromatic heterocycles. The fourth-order valence-electron chi connectivity index (χ4n) is 3.87. The molecule has 33 heavy (non-hydrogen) atoms. The summed E-state index contributed by atoms with van der Waals surface area (Å²) in [6.45, 7) is 0.486. The average molecular weight is 463 g/mol. The van der Waals surface area contributed by atoms with Crippen LogP contribution < -0.4 is 9.64 Å².